The Bertz CT molecular complexity index is 1240. The van der Waals surface area contributed by atoms with E-state index in [9.17, 15) is 9.59 Å². The maximum absolute atomic E-state index is 13.7. The molecule has 1 aromatic heterocycles. The van der Waals surface area contributed by atoms with Gasteiger partial charge in [-0.05, 0) is 79.1 Å². The zero-order chi connectivity index (χ0) is 26.4. The van der Waals surface area contributed by atoms with Crippen LogP contribution in [0.2, 0.25) is 5.02 Å². The summed E-state index contributed by atoms with van der Waals surface area (Å²) in [6.45, 7) is 5.73. The molecule has 8 heteroatoms. The second-order valence-corrected chi connectivity index (χ2v) is 10.7. The minimum atomic E-state index is -0.229. The third-order valence-corrected chi connectivity index (χ3v) is 8.14. The van der Waals surface area contributed by atoms with Gasteiger partial charge in [-0.3, -0.25) is 9.59 Å². The number of methoxy groups -OCH3 is 1. The van der Waals surface area contributed by atoms with Gasteiger partial charge < -0.3 is 19.3 Å². The van der Waals surface area contributed by atoms with Gasteiger partial charge in [0, 0.05) is 42.3 Å². The molecular formula is C29H33ClN2O4S. The summed E-state index contributed by atoms with van der Waals surface area (Å²) in [5.41, 5.74) is 3.56. The van der Waals surface area contributed by atoms with Crippen LogP contribution in [0, 0.1) is 13.8 Å². The molecule has 4 rings (SSSR count). The molecule has 37 heavy (non-hydrogen) atoms. The maximum atomic E-state index is 13.7. The zero-order valence-electron chi connectivity index (χ0n) is 21.5. The number of aryl methyl sites for hydroxylation is 2. The number of thiophene rings is 1. The second-order valence-electron chi connectivity index (χ2n) is 9.26. The molecule has 0 fully saturated rings. The number of hydrogen-bond acceptors (Lipinski definition) is 5. The van der Waals surface area contributed by atoms with Crippen molar-refractivity contribution < 1.29 is 19.1 Å². The summed E-state index contributed by atoms with van der Waals surface area (Å²) in [4.78, 5) is 32.0. The molecule has 6 nitrogen and oxygen atoms in total. The molecule has 0 aliphatic carbocycles. The molecule has 2 amide bonds. The molecular weight excluding hydrogens is 508 g/mol. The Morgan fingerprint density at radius 3 is 2.70 bits per heavy atom. The molecule has 2 heterocycles. The van der Waals surface area contributed by atoms with E-state index >= 15 is 0 Å². The molecule has 196 valence electrons. The minimum absolute atomic E-state index is 0.00685. The first-order chi connectivity index (χ1) is 17.9. The number of nitrogens with zero attached hydrogens (tertiary/aromatic N) is 2. The SMILES string of the molecule is COCCCN(CC(=O)N1CCc2sccc2C1COc1ccc(Cl)c(C)c1)C(=O)c1ccccc1C. The molecule has 1 aliphatic rings. The van der Waals surface area contributed by atoms with E-state index in [1.165, 1.54) is 4.88 Å². The number of halogens is 1. The van der Waals surface area contributed by atoms with Gasteiger partial charge in [0.05, 0.1) is 6.04 Å². The second kappa shape index (κ2) is 12.6. The minimum Gasteiger partial charge on any atom is -0.491 e. The predicted octanol–water partition coefficient (Wildman–Crippen LogP) is 5.70. The van der Waals surface area contributed by atoms with Crippen LogP contribution >= 0.6 is 22.9 Å². The van der Waals surface area contributed by atoms with E-state index in [4.69, 9.17) is 21.1 Å². The summed E-state index contributed by atoms with van der Waals surface area (Å²) >= 11 is 7.88. The van der Waals surface area contributed by atoms with Gasteiger partial charge in [-0.1, -0.05) is 29.8 Å². The summed E-state index contributed by atoms with van der Waals surface area (Å²) in [6.07, 6.45) is 1.45. The summed E-state index contributed by atoms with van der Waals surface area (Å²) in [7, 11) is 1.64. The van der Waals surface area contributed by atoms with Gasteiger partial charge >= 0.3 is 0 Å². The number of ether oxygens (including phenoxy) is 2. The van der Waals surface area contributed by atoms with Crippen LogP contribution in [0.4, 0.5) is 0 Å². The number of amides is 2. The van der Waals surface area contributed by atoms with Gasteiger partial charge in [0.25, 0.3) is 5.91 Å². The van der Waals surface area contributed by atoms with Crippen molar-refractivity contribution in [1.82, 2.24) is 9.80 Å². The van der Waals surface area contributed by atoms with E-state index in [1.807, 2.05) is 61.2 Å². The standard InChI is InChI=1S/C29H33ClN2O4S/c1-20-7-4-5-8-23(20)29(34)31(13-6-15-35-3)18-28(33)32-14-11-27-24(12-16-37-27)26(32)19-36-22-9-10-25(30)21(2)17-22/h4-5,7-10,12,16-17,26H,6,11,13-15,18-19H2,1-3H3. The molecule has 0 spiro atoms. The number of rotatable bonds is 10. The van der Waals surface area contributed by atoms with Gasteiger partial charge in [-0.2, -0.15) is 0 Å². The number of carbonyl (C=O) groups excluding carboxylic acids is 2. The summed E-state index contributed by atoms with van der Waals surface area (Å²) in [6, 6.07) is 14.9. The van der Waals surface area contributed by atoms with Crippen LogP contribution in [0.5, 0.6) is 5.75 Å². The smallest absolute Gasteiger partial charge is 0.254 e. The number of benzene rings is 2. The van der Waals surface area contributed by atoms with Crippen LogP contribution in [-0.4, -0.2) is 61.6 Å². The highest BCUT2D eigenvalue weighted by Gasteiger charge is 2.33. The van der Waals surface area contributed by atoms with Crippen molar-refractivity contribution in [1.29, 1.82) is 0 Å². The fourth-order valence-corrected chi connectivity index (χ4v) is 5.69. The van der Waals surface area contributed by atoms with Gasteiger partial charge in [0.2, 0.25) is 5.91 Å². The number of hydrogen-bond donors (Lipinski definition) is 0. The van der Waals surface area contributed by atoms with E-state index in [2.05, 4.69) is 11.4 Å². The Morgan fingerprint density at radius 1 is 1.14 bits per heavy atom. The fraction of sp³-hybridized carbons (Fsp3) is 0.379. The van der Waals surface area contributed by atoms with Crippen molar-refractivity contribution in [3.8, 4) is 5.75 Å². The molecule has 3 aromatic rings. The fourth-order valence-electron chi connectivity index (χ4n) is 4.65. The lowest BCUT2D eigenvalue weighted by Gasteiger charge is -2.37. The molecule has 1 unspecified atom stereocenters. The average molecular weight is 541 g/mol. The summed E-state index contributed by atoms with van der Waals surface area (Å²) < 4.78 is 11.4. The first-order valence-electron chi connectivity index (χ1n) is 12.5. The van der Waals surface area contributed by atoms with E-state index in [1.54, 1.807) is 23.3 Å². The molecule has 0 saturated carbocycles. The van der Waals surface area contributed by atoms with Gasteiger partial charge in [-0.25, -0.2) is 0 Å². The van der Waals surface area contributed by atoms with Crippen LogP contribution < -0.4 is 4.74 Å². The third kappa shape index (κ3) is 6.53. The van der Waals surface area contributed by atoms with Crippen LogP contribution in [0.15, 0.2) is 53.9 Å². The van der Waals surface area contributed by atoms with Crippen molar-refractivity contribution in [2.75, 3.05) is 40.0 Å². The first-order valence-corrected chi connectivity index (χ1v) is 13.7. The largest absolute Gasteiger partial charge is 0.491 e. The number of carbonyl (C=O) groups is 2. The Kier molecular flexibility index (Phi) is 9.24. The van der Waals surface area contributed by atoms with Crippen molar-refractivity contribution >= 4 is 34.8 Å². The lowest BCUT2D eigenvalue weighted by Crippen LogP contribution is -2.48. The van der Waals surface area contributed by atoms with Crippen molar-refractivity contribution in [2.24, 2.45) is 0 Å². The van der Waals surface area contributed by atoms with E-state index < -0.39 is 0 Å². The topological polar surface area (TPSA) is 59.1 Å². The Balaban J connectivity index is 1.53. The molecule has 2 aromatic carbocycles. The van der Waals surface area contributed by atoms with Crippen molar-refractivity contribution in [3.63, 3.8) is 0 Å². The van der Waals surface area contributed by atoms with Gasteiger partial charge in [-0.15, -0.1) is 11.3 Å². The molecule has 1 aliphatic heterocycles. The molecule has 0 radical (unpaired) electrons. The van der Waals surface area contributed by atoms with Gasteiger partial charge in [0.1, 0.15) is 18.9 Å². The quantitative estimate of drug-likeness (QED) is 0.309. The molecule has 0 bridgehead atoms. The van der Waals surface area contributed by atoms with Crippen LogP contribution in [0.3, 0.4) is 0 Å². The molecule has 1 atom stereocenters. The zero-order valence-corrected chi connectivity index (χ0v) is 23.1. The Morgan fingerprint density at radius 2 is 1.95 bits per heavy atom. The maximum Gasteiger partial charge on any atom is 0.254 e. The summed E-state index contributed by atoms with van der Waals surface area (Å²) in [5, 5.41) is 2.76. The highest BCUT2D eigenvalue weighted by Crippen LogP contribution is 2.34. The highest BCUT2D eigenvalue weighted by atomic mass is 35.5. The molecule has 0 N–H and O–H groups in total. The number of fused-ring (bicyclic) bond motifs is 1. The lowest BCUT2D eigenvalue weighted by molar-refractivity contribution is -0.135. The van der Waals surface area contributed by atoms with Crippen LogP contribution in [-0.2, 0) is 16.0 Å². The lowest BCUT2D eigenvalue weighted by atomic mass is 10.00. The summed E-state index contributed by atoms with van der Waals surface area (Å²) in [5.74, 6) is 0.491. The van der Waals surface area contributed by atoms with E-state index in [-0.39, 0.29) is 24.4 Å². The third-order valence-electron chi connectivity index (χ3n) is 6.72. The Hall–Kier alpha value is -2.87. The van der Waals surface area contributed by atoms with Crippen molar-refractivity contribution in [2.45, 2.75) is 32.7 Å². The predicted molar refractivity (Wildman–Crippen MR) is 148 cm³/mol. The van der Waals surface area contributed by atoms with E-state index in [0.29, 0.717) is 49.1 Å². The normalized spacial score (nSPS) is 14.8. The molecule has 0 saturated heterocycles. The van der Waals surface area contributed by atoms with Crippen molar-refractivity contribution in [3.05, 3.63) is 86.1 Å². The highest BCUT2D eigenvalue weighted by molar-refractivity contribution is 7.10. The Labute approximate surface area is 227 Å². The van der Waals surface area contributed by atoms with Gasteiger partial charge in [0.15, 0.2) is 0 Å². The van der Waals surface area contributed by atoms with Crippen LogP contribution in [0.25, 0.3) is 0 Å². The average Bonchev–Trinajstić information content (AvgIpc) is 3.38. The first kappa shape index (κ1) is 27.2. The van der Waals surface area contributed by atoms with Crippen LogP contribution in [0.1, 0.15) is 44.4 Å². The van der Waals surface area contributed by atoms with E-state index in [0.717, 1.165) is 23.1 Å². The monoisotopic (exact) mass is 540 g/mol.